The molecule has 1 aromatic rings. The Kier molecular flexibility index (Phi) is 30.9. The molecule has 4 fully saturated rings. The molecule has 0 saturated carbocycles. The van der Waals surface area contributed by atoms with Gasteiger partial charge in [0.2, 0.25) is 0 Å². The van der Waals surface area contributed by atoms with E-state index < -0.39 is 48.3 Å². The highest BCUT2D eigenvalue weighted by atomic mass is 16.6. The first kappa shape index (κ1) is 82.6. The van der Waals surface area contributed by atoms with E-state index in [4.69, 9.17) is 18.9 Å². The lowest BCUT2D eigenvalue weighted by Gasteiger charge is -2.58. The molecular weight excluding hydrogens is 1180 g/mol. The van der Waals surface area contributed by atoms with E-state index in [1.54, 1.807) is 0 Å². The van der Waals surface area contributed by atoms with Crippen LogP contribution in [0.2, 0.25) is 0 Å². The van der Waals surface area contributed by atoms with Crippen LogP contribution in [0.1, 0.15) is 394 Å². The normalized spacial score (nSPS) is 28.1. The average molecular weight is 1330 g/mol. The maximum absolute atomic E-state index is 15.8. The Morgan fingerprint density at radius 1 is 0.305 bits per heavy atom. The second kappa shape index (κ2) is 35.5. The maximum atomic E-state index is 15.8. The van der Waals surface area contributed by atoms with Gasteiger partial charge in [0.05, 0.1) is 22.3 Å². The Bertz CT molecular complexity index is 2570. The summed E-state index contributed by atoms with van der Waals surface area (Å²) >= 11 is 0. The molecule has 4 heterocycles. The number of unbranched alkanes of at least 4 members (excludes halogenated alkanes) is 17. The summed E-state index contributed by atoms with van der Waals surface area (Å²) in [7, 11) is 0. The minimum atomic E-state index is -0.718. The van der Waals surface area contributed by atoms with Crippen molar-refractivity contribution in [3.05, 3.63) is 34.4 Å². The lowest BCUT2D eigenvalue weighted by atomic mass is 9.71. The number of carbonyl (C=O) groups excluding carboxylic acids is 4. The number of piperidine rings is 4. The van der Waals surface area contributed by atoms with E-state index >= 15 is 19.2 Å². The van der Waals surface area contributed by atoms with Gasteiger partial charge in [-0.15, -0.1) is 0 Å². The Hall–Kier alpha value is -3.06. The molecule has 12 nitrogen and oxygen atoms in total. The van der Waals surface area contributed by atoms with E-state index in [-0.39, 0.29) is 90.2 Å². The molecule has 0 amide bonds. The maximum Gasteiger partial charge on any atom is 0.339 e. The quantitative estimate of drug-likeness (QED) is 0.0358. The SMILES string of the molecule is CCCCCCCCN1C(C)(C)CC(OC(=O)c2cc(C(=O)OC3CC(C)(C)N(CCCCCCC)C(C)(C(C)C)C3)c(C(=O)OC3CC(C)(C)N(CCCCCCC)C(C)(C(C)C)C3)cc2C(=O)OC2CC(C)(C)N(CCCCCCC)C(C)(C(C)C)C2)CC1(C)C(C)C. The molecule has 0 radical (unpaired) electrons. The van der Waals surface area contributed by atoms with Crippen molar-refractivity contribution in [2.24, 2.45) is 23.7 Å². The number of esters is 4. The van der Waals surface area contributed by atoms with E-state index in [0.29, 0.717) is 51.4 Å². The fourth-order valence-electron chi connectivity index (χ4n) is 18.6. The lowest BCUT2D eigenvalue weighted by Crippen LogP contribution is -2.65. The van der Waals surface area contributed by atoms with Crippen LogP contribution in [0.15, 0.2) is 12.1 Å². The number of rotatable bonds is 37. The topological polar surface area (TPSA) is 118 Å². The Morgan fingerprint density at radius 2 is 0.474 bits per heavy atom. The van der Waals surface area contributed by atoms with Gasteiger partial charge in [0.15, 0.2) is 0 Å². The second-order valence-electron chi connectivity index (χ2n) is 35.6. The number of likely N-dealkylation sites (tertiary alicyclic amines) is 4. The molecule has 8 atom stereocenters. The van der Waals surface area contributed by atoms with Crippen LogP contribution in [-0.4, -0.2) is 138 Å². The van der Waals surface area contributed by atoms with Gasteiger partial charge in [-0.05, 0) is 171 Å². The molecule has 95 heavy (non-hydrogen) atoms. The van der Waals surface area contributed by atoms with Crippen molar-refractivity contribution in [3.8, 4) is 0 Å². The smallest absolute Gasteiger partial charge is 0.339 e. The monoisotopic (exact) mass is 1330 g/mol. The molecule has 4 aliphatic rings. The van der Waals surface area contributed by atoms with Gasteiger partial charge in [-0.1, -0.05) is 192 Å². The molecule has 0 N–H and O–H groups in total. The Labute approximate surface area is 584 Å². The van der Waals surface area contributed by atoms with Crippen molar-refractivity contribution in [3.63, 3.8) is 0 Å². The molecule has 5 rings (SSSR count). The first-order valence-electron chi connectivity index (χ1n) is 39.5. The van der Waals surface area contributed by atoms with Crippen molar-refractivity contribution >= 4 is 23.9 Å². The van der Waals surface area contributed by atoms with Crippen LogP contribution in [-0.2, 0) is 18.9 Å². The summed E-state index contributed by atoms with van der Waals surface area (Å²) in [5.41, 5.74) is -2.95. The number of carbonyl (C=O) groups is 4. The molecule has 548 valence electrons. The number of hydrogen-bond acceptors (Lipinski definition) is 12. The summed E-state index contributed by atoms with van der Waals surface area (Å²) in [6.45, 7) is 58.5. The molecule has 0 spiro atoms. The molecule has 8 unspecified atom stereocenters. The van der Waals surface area contributed by atoms with E-state index in [0.717, 1.165) is 51.9 Å². The van der Waals surface area contributed by atoms with Gasteiger partial charge in [0.1, 0.15) is 24.4 Å². The van der Waals surface area contributed by atoms with Gasteiger partial charge in [-0.3, -0.25) is 19.6 Å². The molecular formula is C83H148N4O8. The highest BCUT2D eigenvalue weighted by Crippen LogP contribution is 2.49. The standard InChI is InChI=1S/C83H148N4O8/c1-25-29-33-37-41-45-49-87-79(19,20)55-67(59-83(87,24)63(11)12)95-75(91)71-51-69(73(89)93-65-53-77(15,16)85(47-43-39-35-31-27-3)81(22,57-65)61(7)8)68(72(88)92-64-52-76(13,14)84(46-42-38-34-30-26-2)80(21,56-64)60(5)6)50-70(71)74(90)94-66-54-78(17,18)86(48-44-40-36-32-28-4)82(23,58-66)62(9)10/h50-51,60-67H,25-49,52-59H2,1-24H3. The van der Waals surface area contributed by atoms with Crippen LogP contribution in [0, 0.1) is 23.7 Å². The van der Waals surface area contributed by atoms with Crippen LogP contribution in [0.3, 0.4) is 0 Å². The van der Waals surface area contributed by atoms with E-state index in [9.17, 15) is 0 Å². The summed E-state index contributed by atoms with van der Waals surface area (Å²) in [4.78, 5) is 74.0. The van der Waals surface area contributed by atoms with Crippen LogP contribution in [0.5, 0.6) is 0 Å². The minimum absolute atomic E-state index is 0.0986. The van der Waals surface area contributed by atoms with Crippen molar-refractivity contribution in [1.82, 2.24) is 19.6 Å². The van der Waals surface area contributed by atoms with Crippen molar-refractivity contribution < 1.29 is 38.1 Å². The van der Waals surface area contributed by atoms with Crippen molar-refractivity contribution in [2.45, 2.75) is 421 Å². The first-order valence-corrected chi connectivity index (χ1v) is 39.5. The zero-order valence-corrected chi connectivity index (χ0v) is 66.2. The molecule has 0 bridgehead atoms. The largest absolute Gasteiger partial charge is 0.459 e. The molecule has 0 aliphatic carbocycles. The van der Waals surface area contributed by atoms with Gasteiger partial charge in [-0.25, -0.2) is 19.2 Å². The van der Waals surface area contributed by atoms with Crippen molar-refractivity contribution in [1.29, 1.82) is 0 Å². The lowest BCUT2D eigenvalue weighted by molar-refractivity contribution is -0.113. The van der Waals surface area contributed by atoms with Gasteiger partial charge < -0.3 is 18.9 Å². The first-order chi connectivity index (χ1) is 44.3. The number of benzene rings is 1. The zero-order chi connectivity index (χ0) is 71.1. The fourth-order valence-corrected chi connectivity index (χ4v) is 18.6. The number of ether oxygens (including phenoxy) is 4. The van der Waals surface area contributed by atoms with Gasteiger partial charge in [0, 0.05) is 95.7 Å². The summed E-state index contributed by atoms with van der Waals surface area (Å²) in [6, 6.07) is 2.89. The van der Waals surface area contributed by atoms with E-state index in [1.807, 2.05) is 0 Å². The molecule has 1 aromatic carbocycles. The minimum Gasteiger partial charge on any atom is -0.459 e. The average Bonchev–Trinajstić information content (AvgIpc) is 0.774. The third kappa shape index (κ3) is 20.8. The predicted octanol–water partition coefficient (Wildman–Crippen LogP) is 21.2. The summed E-state index contributed by atoms with van der Waals surface area (Å²) in [5.74, 6) is -1.92. The zero-order valence-electron chi connectivity index (χ0n) is 66.2. The van der Waals surface area contributed by atoms with E-state index in [2.05, 4.69) is 186 Å². The highest BCUT2D eigenvalue weighted by molar-refractivity contribution is 6.10. The highest BCUT2D eigenvalue weighted by Gasteiger charge is 2.55. The van der Waals surface area contributed by atoms with Crippen LogP contribution < -0.4 is 0 Å². The van der Waals surface area contributed by atoms with Crippen LogP contribution in [0.25, 0.3) is 0 Å². The third-order valence-corrected chi connectivity index (χ3v) is 25.2. The molecule has 12 heteroatoms. The molecule has 4 aliphatic heterocycles. The second-order valence-corrected chi connectivity index (χ2v) is 35.6. The third-order valence-electron chi connectivity index (χ3n) is 25.2. The summed E-state index contributed by atoms with van der Waals surface area (Å²) in [5, 5.41) is 0. The molecule has 4 saturated heterocycles. The van der Waals surface area contributed by atoms with Crippen LogP contribution in [0.4, 0.5) is 0 Å². The Balaban J connectivity index is 1.68. The number of nitrogens with zero attached hydrogens (tertiary/aromatic N) is 4. The van der Waals surface area contributed by atoms with Crippen LogP contribution >= 0.6 is 0 Å². The number of hydrogen-bond donors (Lipinski definition) is 0. The summed E-state index contributed by atoms with van der Waals surface area (Å²) < 4.78 is 27.4. The van der Waals surface area contributed by atoms with E-state index in [1.165, 1.54) is 121 Å². The fraction of sp³-hybridized carbons (Fsp3) is 0.880. The molecule has 0 aromatic heterocycles. The van der Waals surface area contributed by atoms with Gasteiger partial charge >= 0.3 is 23.9 Å². The van der Waals surface area contributed by atoms with Gasteiger partial charge in [-0.2, -0.15) is 0 Å². The predicted molar refractivity (Wildman–Crippen MR) is 396 cm³/mol. The Morgan fingerprint density at radius 3 is 0.642 bits per heavy atom. The summed E-state index contributed by atoms with van der Waals surface area (Å²) in [6.07, 6.45) is 27.7. The van der Waals surface area contributed by atoms with Gasteiger partial charge in [0.25, 0.3) is 0 Å². The van der Waals surface area contributed by atoms with Crippen molar-refractivity contribution in [2.75, 3.05) is 26.2 Å².